The number of benzene rings is 2. The van der Waals surface area contributed by atoms with Crippen LogP contribution in [0.1, 0.15) is 17.3 Å². The number of hydrogen-bond donors (Lipinski definition) is 2. The molecule has 0 radical (unpaired) electrons. The number of anilines is 1. The molecular weight excluding hydrogens is 517 g/mol. The second kappa shape index (κ2) is 10.4. The zero-order valence-corrected chi connectivity index (χ0v) is 22.7. The van der Waals surface area contributed by atoms with Crippen LogP contribution >= 0.6 is 0 Å². The van der Waals surface area contributed by atoms with E-state index in [1.165, 1.54) is 12.1 Å². The van der Waals surface area contributed by atoms with E-state index in [9.17, 15) is 19.1 Å². The topological polar surface area (TPSA) is 99.5 Å². The zero-order chi connectivity index (χ0) is 28.0. The Labute approximate surface area is 231 Å². The second-order valence-corrected chi connectivity index (χ2v) is 10.9. The number of likely N-dealkylation sites (tertiary alicyclic amines) is 1. The Morgan fingerprint density at radius 1 is 1.15 bits per heavy atom. The number of morpholine rings is 1. The van der Waals surface area contributed by atoms with Gasteiger partial charge in [-0.25, -0.2) is 9.18 Å². The van der Waals surface area contributed by atoms with Gasteiger partial charge < -0.3 is 34.3 Å². The molecule has 0 aliphatic carbocycles. The van der Waals surface area contributed by atoms with Crippen LogP contribution in [0.25, 0.3) is 10.9 Å². The molecule has 0 bridgehead atoms. The molecule has 2 N–H and O–H groups in total. The van der Waals surface area contributed by atoms with Crippen LogP contribution in [0.2, 0.25) is 0 Å². The maximum absolute atomic E-state index is 13.8. The Hall–Kier alpha value is -3.67. The third-order valence-electron chi connectivity index (χ3n) is 8.45. The largest absolute Gasteiger partial charge is 0.497 e. The van der Waals surface area contributed by atoms with E-state index < -0.39 is 17.3 Å². The summed E-state index contributed by atoms with van der Waals surface area (Å²) in [7, 11) is 3.56. The van der Waals surface area contributed by atoms with Crippen molar-refractivity contribution in [3.8, 4) is 5.75 Å². The van der Waals surface area contributed by atoms with E-state index in [4.69, 9.17) is 9.47 Å². The number of carbonyl (C=O) groups excluding carboxylic acids is 2. The third-order valence-corrected chi connectivity index (χ3v) is 8.45. The summed E-state index contributed by atoms with van der Waals surface area (Å²) < 4.78 is 26.6. The summed E-state index contributed by atoms with van der Waals surface area (Å²) in [6.07, 6.45) is 0. The van der Waals surface area contributed by atoms with Crippen LogP contribution < -0.4 is 10.1 Å². The van der Waals surface area contributed by atoms with E-state index >= 15 is 0 Å². The summed E-state index contributed by atoms with van der Waals surface area (Å²) in [4.78, 5) is 32.4. The second-order valence-electron chi connectivity index (χ2n) is 10.9. The van der Waals surface area contributed by atoms with Gasteiger partial charge in [0.2, 0.25) is 5.91 Å². The summed E-state index contributed by atoms with van der Waals surface area (Å²) in [5.74, 6) is 0.229. The molecule has 10 nitrogen and oxygen atoms in total. The van der Waals surface area contributed by atoms with Crippen LogP contribution in [-0.4, -0.2) is 103 Å². The van der Waals surface area contributed by atoms with Crippen molar-refractivity contribution in [3.63, 3.8) is 0 Å². The highest BCUT2D eigenvalue weighted by molar-refractivity contribution is 5.93. The van der Waals surface area contributed by atoms with Crippen molar-refractivity contribution in [3.05, 3.63) is 59.5 Å². The minimum atomic E-state index is -0.521. The van der Waals surface area contributed by atoms with Crippen molar-refractivity contribution in [2.75, 3.05) is 71.5 Å². The summed E-state index contributed by atoms with van der Waals surface area (Å²) in [6.45, 7) is 3.70. The molecule has 1 spiro atoms. The number of aliphatic hydroxyl groups excluding tert-OH is 1. The summed E-state index contributed by atoms with van der Waals surface area (Å²) >= 11 is 0. The summed E-state index contributed by atoms with van der Waals surface area (Å²) in [5.41, 5.74) is 2.73. The van der Waals surface area contributed by atoms with E-state index in [-0.39, 0.29) is 25.1 Å². The number of nitrogens with one attached hydrogen (secondary N) is 1. The number of fused-ring (bicyclic) bond motifs is 4. The molecule has 0 saturated carbocycles. The van der Waals surface area contributed by atoms with Gasteiger partial charge >= 0.3 is 6.03 Å². The molecule has 11 heteroatoms. The van der Waals surface area contributed by atoms with E-state index in [2.05, 4.69) is 10.2 Å². The molecule has 1 aromatic heterocycles. The van der Waals surface area contributed by atoms with Gasteiger partial charge in [0.05, 0.1) is 50.4 Å². The molecule has 2 fully saturated rings. The molecule has 3 amide bonds. The van der Waals surface area contributed by atoms with Crippen LogP contribution in [0.5, 0.6) is 5.75 Å². The van der Waals surface area contributed by atoms with Crippen molar-refractivity contribution in [1.82, 2.24) is 19.3 Å². The summed E-state index contributed by atoms with van der Waals surface area (Å²) in [6, 6.07) is 10.8. The maximum atomic E-state index is 13.8. The molecule has 3 aromatic rings. The van der Waals surface area contributed by atoms with Crippen molar-refractivity contribution < 1.29 is 28.6 Å². The number of urea groups is 1. The molecule has 0 unspecified atom stereocenters. The van der Waals surface area contributed by atoms with Crippen LogP contribution in [0.3, 0.4) is 0 Å². The number of aromatic nitrogens is 1. The predicted molar refractivity (Wildman–Crippen MR) is 147 cm³/mol. The van der Waals surface area contributed by atoms with Gasteiger partial charge in [0, 0.05) is 62.6 Å². The van der Waals surface area contributed by atoms with E-state index in [1.807, 2.05) is 29.8 Å². The highest BCUT2D eigenvalue weighted by Crippen LogP contribution is 2.49. The fourth-order valence-electron chi connectivity index (χ4n) is 6.52. The Balaban J connectivity index is 1.35. The summed E-state index contributed by atoms with van der Waals surface area (Å²) in [5, 5.41) is 14.4. The van der Waals surface area contributed by atoms with Gasteiger partial charge in [-0.2, -0.15) is 0 Å². The van der Waals surface area contributed by atoms with Crippen LogP contribution in [0.4, 0.5) is 14.9 Å². The maximum Gasteiger partial charge on any atom is 0.321 e. The van der Waals surface area contributed by atoms with Crippen molar-refractivity contribution in [2.45, 2.75) is 11.5 Å². The number of aliphatic hydroxyl groups is 1. The lowest BCUT2D eigenvalue weighted by atomic mass is 9.68. The first-order valence-electron chi connectivity index (χ1n) is 13.5. The first-order chi connectivity index (χ1) is 19.3. The lowest BCUT2D eigenvalue weighted by Gasteiger charge is -2.56. The number of hydrogen-bond acceptors (Lipinski definition) is 6. The quantitative estimate of drug-likeness (QED) is 0.505. The highest BCUT2D eigenvalue weighted by atomic mass is 19.1. The van der Waals surface area contributed by atoms with E-state index in [1.54, 1.807) is 29.0 Å². The van der Waals surface area contributed by atoms with Crippen LogP contribution in [0, 0.1) is 5.82 Å². The number of carbonyl (C=O) groups is 2. The Kier molecular flexibility index (Phi) is 6.89. The van der Waals surface area contributed by atoms with Crippen molar-refractivity contribution >= 4 is 28.5 Å². The van der Waals surface area contributed by atoms with Gasteiger partial charge in [0.15, 0.2) is 0 Å². The standard InChI is InChI=1S/C29H34FN5O5/c1-32-23-13-21(39-2)6-7-22(23)26-27(32)24(15-36)35(25(37)14-33-8-10-40-11-9-33)18-29(26)16-34(17-29)28(38)31-20-5-3-4-19(30)12-20/h3-7,12-13,24,36H,8-11,14-18H2,1-2H3,(H,31,38)/t24-/m0/s1. The van der Waals surface area contributed by atoms with Gasteiger partial charge in [-0.15, -0.1) is 0 Å². The van der Waals surface area contributed by atoms with Crippen LogP contribution in [-0.2, 0) is 22.0 Å². The van der Waals surface area contributed by atoms with Crippen molar-refractivity contribution in [2.24, 2.45) is 7.05 Å². The van der Waals surface area contributed by atoms with Gasteiger partial charge in [0.1, 0.15) is 11.6 Å². The van der Waals surface area contributed by atoms with Gasteiger partial charge in [0.25, 0.3) is 0 Å². The zero-order valence-electron chi connectivity index (χ0n) is 22.7. The molecule has 40 heavy (non-hydrogen) atoms. The molecule has 212 valence electrons. The van der Waals surface area contributed by atoms with E-state index in [0.717, 1.165) is 22.2 Å². The Morgan fingerprint density at radius 2 is 1.93 bits per heavy atom. The average molecular weight is 552 g/mol. The number of methoxy groups -OCH3 is 1. The highest BCUT2D eigenvalue weighted by Gasteiger charge is 2.55. The fraction of sp³-hybridized carbons (Fsp3) is 0.448. The number of nitrogens with zero attached hydrogens (tertiary/aromatic N) is 4. The third kappa shape index (κ3) is 4.47. The predicted octanol–water partition coefficient (Wildman–Crippen LogP) is 2.32. The first kappa shape index (κ1) is 26.5. The fourth-order valence-corrected chi connectivity index (χ4v) is 6.52. The van der Waals surface area contributed by atoms with Gasteiger partial charge in [-0.05, 0) is 35.9 Å². The SMILES string of the molecule is COc1ccc2c3c(n(C)c2c1)[C@H](CO)N(C(=O)CN1CCOCC1)CC31CN(C(=O)Nc2cccc(F)c2)C1. The number of amides is 3. The monoisotopic (exact) mass is 551 g/mol. The molecule has 3 aliphatic rings. The lowest BCUT2D eigenvalue weighted by molar-refractivity contribution is -0.140. The molecule has 6 rings (SSSR count). The number of aryl methyl sites for hydroxylation is 1. The minimum Gasteiger partial charge on any atom is -0.497 e. The average Bonchev–Trinajstić information content (AvgIpc) is 3.23. The smallest absolute Gasteiger partial charge is 0.321 e. The van der Waals surface area contributed by atoms with Gasteiger partial charge in [-0.3, -0.25) is 9.69 Å². The number of rotatable bonds is 5. The number of halogens is 1. The van der Waals surface area contributed by atoms with Gasteiger partial charge in [-0.1, -0.05) is 6.07 Å². The molecular formula is C29H34FN5O5. The van der Waals surface area contributed by atoms with E-state index in [0.29, 0.717) is 57.4 Å². The van der Waals surface area contributed by atoms with Crippen molar-refractivity contribution in [1.29, 1.82) is 0 Å². The minimum absolute atomic E-state index is 0.0588. The number of ether oxygens (including phenoxy) is 2. The van der Waals surface area contributed by atoms with Crippen LogP contribution in [0.15, 0.2) is 42.5 Å². The lowest BCUT2D eigenvalue weighted by Crippen LogP contribution is -2.69. The molecule has 3 aliphatic heterocycles. The molecule has 2 aromatic carbocycles. The molecule has 2 saturated heterocycles. The first-order valence-corrected chi connectivity index (χ1v) is 13.5. The Morgan fingerprint density at radius 3 is 2.62 bits per heavy atom. The molecule has 4 heterocycles. The Bertz CT molecular complexity index is 1450. The normalized spacial score (nSPS) is 20.4. The molecule has 1 atom stereocenters.